The van der Waals surface area contributed by atoms with E-state index in [4.69, 9.17) is 23.2 Å². The standard InChI is InChI=1S/C11H11Cl2N3/c1-3-16(2)10-8-5-4-7(12)6-9(8)14-11(13)15-10/h4-6H,3H2,1-2H3. The molecular weight excluding hydrogens is 245 g/mol. The first-order chi connectivity index (χ1) is 7.61. The molecule has 0 N–H and O–H groups in total. The van der Waals surface area contributed by atoms with Gasteiger partial charge in [-0.3, -0.25) is 0 Å². The Balaban J connectivity index is 2.72. The molecule has 1 heterocycles. The summed E-state index contributed by atoms with van der Waals surface area (Å²) < 4.78 is 0. The van der Waals surface area contributed by atoms with Gasteiger partial charge in [-0.2, -0.15) is 4.98 Å². The van der Waals surface area contributed by atoms with Crippen molar-refractivity contribution in [1.82, 2.24) is 9.97 Å². The Morgan fingerprint density at radius 2 is 2.00 bits per heavy atom. The highest BCUT2D eigenvalue weighted by atomic mass is 35.5. The quantitative estimate of drug-likeness (QED) is 0.771. The minimum absolute atomic E-state index is 0.241. The zero-order valence-corrected chi connectivity index (χ0v) is 10.5. The van der Waals surface area contributed by atoms with E-state index in [1.165, 1.54) is 0 Å². The van der Waals surface area contributed by atoms with Crippen molar-refractivity contribution in [2.75, 3.05) is 18.5 Å². The molecule has 0 aliphatic carbocycles. The molecule has 0 spiro atoms. The third kappa shape index (κ3) is 2.06. The van der Waals surface area contributed by atoms with Gasteiger partial charge in [-0.25, -0.2) is 4.98 Å². The van der Waals surface area contributed by atoms with Crippen LogP contribution < -0.4 is 4.90 Å². The Morgan fingerprint density at radius 1 is 1.25 bits per heavy atom. The van der Waals surface area contributed by atoms with Crippen LogP contribution in [0.5, 0.6) is 0 Å². The molecule has 84 valence electrons. The summed E-state index contributed by atoms with van der Waals surface area (Å²) in [6.07, 6.45) is 0. The molecule has 0 bridgehead atoms. The van der Waals surface area contributed by atoms with Gasteiger partial charge in [0.2, 0.25) is 5.28 Å². The lowest BCUT2D eigenvalue weighted by molar-refractivity contribution is 0.940. The lowest BCUT2D eigenvalue weighted by Crippen LogP contribution is -2.17. The number of rotatable bonds is 2. The Labute approximate surface area is 104 Å². The van der Waals surface area contributed by atoms with Gasteiger partial charge in [0.05, 0.1) is 5.52 Å². The monoisotopic (exact) mass is 255 g/mol. The zero-order chi connectivity index (χ0) is 11.7. The second-order valence-corrected chi connectivity index (χ2v) is 4.27. The van der Waals surface area contributed by atoms with E-state index in [1.54, 1.807) is 6.07 Å². The topological polar surface area (TPSA) is 29.0 Å². The van der Waals surface area contributed by atoms with Crippen molar-refractivity contribution in [1.29, 1.82) is 0 Å². The van der Waals surface area contributed by atoms with E-state index in [2.05, 4.69) is 16.9 Å². The first-order valence-electron chi connectivity index (χ1n) is 4.95. The molecule has 3 nitrogen and oxygen atoms in total. The summed E-state index contributed by atoms with van der Waals surface area (Å²) in [7, 11) is 1.96. The van der Waals surface area contributed by atoms with E-state index in [0.717, 1.165) is 23.3 Å². The van der Waals surface area contributed by atoms with Crippen LogP contribution in [0.2, 0.25) is 10.3 Å². The summed E-state index contributed by atoms with van der Waals surface area (Å²) in [6.45, 7) is 2.91. The normalized spacial score (nSPS) is 10.8. The Morgan fingerprint density at radius 3 is 2.69 bits per heavy atom. The second-order valence-electron chi connectivity index (χ2n) is 3.49. The molecule has 16 heavy (non-hydrogen) atoms. The fraction of sp³-hybridized carbons (Fsp3) is 0.273. The van der Waals surface area contributed by atoms with Gasteiger partial charge in [0.1, 0.15) is 5.82 Å². The van der Waals surface area contributed by atoms with Crippen LogP contribution in [0.3, 0.4) is 0 Å². The average Bonchev–Trinajstić information content (AvgIpc) is 2.26. The molecule has 0 amide bonds. The maximum atomic E-state index is 5.92. The smallest absolute Gasteiger partial charge is 0.224 e. The van der Waals surface area contributed by atoms with Gasteiger partial charge in [0, 0.05) is 24.0 Å². The second kappa shape index (κ2) is 4.44. The molecule has 1 aromatic carbocycles. The maximum Gasteiger partial charge on any atom is 0.224 e. The maximum absolute atomic E-state index is 5.92. The van der Waals surface area contributed by atoms with Crippen LogP contribution in [0, 0.1) is 0 Å². The Hall–Kier alpha value is -1.06. The van der Waals surface area contributed by atoms with Gasteiger partial charge in [0.15, 0.2) is 0 Å². The van der Waals surface area contributed by atoms with Gasteiger partial charge in [-0.15, -0.1) is 0 Å². The predicted molar refractivity (Wildman–Crippen MR) is 68.5 cm³/mol. The van der Waals surface area contributed by atoms with Crippen molar-refractivity contribution in [3.63, 3.8) is 0 Å². The fourth-order valence-electron chi connectivity index (χ4n) is 1.50. The highest BCUT2D eigenvalue weighted by molar-refractivity contribution is 6.31. The Bertz CT molecular complexity index is 523. The molecule has 0 fully saturated rings. The van der Waals surface area contributed by atoms with Crippen LogP contribution in [0.1, 0.15) is 6.92 Å². The molecule has 5 heteroatoms. The SMILES string of the molecule is CCN(C)c1nc(Cl)nc2cc(Cl)ccc12. The van der Waals surface area contributed by atoms with Gasteiger partial charge in [-0.05, 0) is 36.7 Å². The number of aromatic nitrogens is 2. The van der Waals surface area contributed by atoms with Crippen molar-refractivity contribution in [3.05, 3.63) is 28.5 Å². The molecule has 0 radical (unpaired) electrons. The first kappa shape index (κ1) is 11.4. The minimum atomic E-state index is 0.241. The molecule has 2 aromatic rings. The van der Waals surface area contributed by atoms with Crippen molar-refractivity contribution in [2.45, 2.75) is 6.92 Å². The first-order valence-corrected chi connectivity index (χ1v) is 5.71. The number of hydrogen-bond acceptors (Lipinski definition) is 3. The molecule has 2 rings (SSSR count). The third-order valence-electron chi connectivity index (χ3n) is 2.45. The van der Waals surface area contributed by atoms with Crippen LogP contribution in [-0.4, -0.2) is 23.6 Å². The number of nitrogens with zero attached hydrogens (tertiary/aromatic N) is 3. The summed E-state index contributed by atoms with van der Waals surface area (Å²) in [6, 6.07) is 5.53. The number of fused-ring (bicyclic) bond motifs is 1. The average molecular weight is 256 g/mol. The van der Waals surface area contributed by atoms with Gasteiger partial charge in [0.25, 0.3) is 0 Å². The van der Waals surface area contributed by atoms with E-state index in [-0.39, 0.29) is 5.28 Å². The molecular formula is C11H11Cl2N3. The summed E-state index contributed by atoms with van der Waals surface area (Å²) in [5.41, 5.74) is 0.766. The van der Waals surface area contributed by atoms with Crippen molar-refractivity contribution in [3.8, 4) is 0 Å². The van der Waals surface area contributed by atoms with Crippen LogP contribution in [0.4, 0.5) is 5.82 Å². The summed E-state index contributed by atoms with van der Waals surface area (Å²) >= 11 is 11.8. The largest absolute Gasteiger partial charge is 0.359 e. The third-order valence-corrected chi connectivity index (χ3v) is 2.85. The van der Waals surface area contributed by atoms with Crippen molar-refractivity contribution in [2.24, 2.45) is 0 Å². The van der Waals surface area contributed by atoms with Crippen LogP contribution >= 0.6 is 23.2 Å². The van der Waals surface area contributed by atoms with E-state index in [9.17, 15) is 0 Å². The summed E-state index contributed by atoms with van der Waals surface area (Å²) in [4.78, 5) is 10.4. The fourth-order valence-corrected chi connectivity index (χ4v) is 1.84. The van der Waals surface area contributed by atoms with Gasteiger partial charge >= 0.3 is 0 Å². The summed E-state index contributed by atoms with van der Waals surface area (Å²) in [5.74, 6) is 0.828. The summed E-state index contributed by atoms with van der Waals surface area (Å²) in [5, 5.41) is 1.84. The number of anilines is 1. The van der Waals surface area contributed by atoms with Crippen molar-refractivity contribution < 1.29 is 0 Å². The number of hydrogen-bond donors (Lipinski definition) is 0. The van der Waals surface area contributed by atoms with Gasteiger partial charge in [-0.1, -0.05) is 11.6 Å². The molecule has 0 saturated heterocycles. The van der Waals surface area contributed by atoms with Crippen molar-refractivity contribution >= 4 is 39.9 Å². The van der Waals surface area contributed by atoms with Crippen LogP contribution in [0.15, 0.2) is 18.2 Å². The van der Waals surface area contributed by atoms with E-state index < -0.39 is 0 Å². The number of benzene rings is 1. The van der Waals surface area contributed by atoms with E-state index in [0.29, 0.717) is 5.02 Å². The lowest BCUT2D eigenvalue weighted by Gasteiger charge is -2.17. The molecule has 1 aromatic heterocycles. The molecule has 0 unspecified atom stereocenters. The molecule has 0 saturated carbocycles. The van der Waals surface area contributed by atoms with Gasteiger partial charge < -0.3 is 4.90 Å². The lowest BCUT2D eigenvalue weighted by atomic mass is 10.2. The van der Waals surface area contributed by atoms with E-state index in [1.807, 2.05) is 24.1 Å². The zero-order valence-electron chi connectivity index (χ0n) is 9.04. The number of halogens is 2. The molecule has 0 aliphatic heterocycles. The minimum Gasteiger partial charge on any atom is -0.359 e. The van der Waals surface area contributed by atoms with Crippen LogP contribution in [0.25, 0.3) is 10.9 Å². The predicted octanol–water partition coefficient (Wildman–Crippen LogP) is 3.39. The van der Waals surface area contributed by atoms with Crippen LogP contribution in [-0.2, 0) is 0 Å². The highest BCUT2D eigenvalue weighted by Crippen LogP contribution is 2.26. The Kier molecular flexibility index (Phi) is 3.17. The molecule has 0 aliphatic rings. The molecule has 0 atom stereocenters. The highest BCUT2D eigenvalue weighted by Gasteiger charge is 2.09. The van der Waals surface area contributed by atoms with E-state index >= 15 is 0 Å².